The van der Waals surface area contributed by atoms with Crippen LogP contribution in [0.1, 0.15) is 40.6 Å². The van der Waals surface area contributed by atoms with Crippen molar-refractivity contribution in [2.75, 3.05) is 40.0 Å². The minimum absolute atomic E-state index is 0.0321. The molecule has 27 heavy (non-hydrogen) atoms. The van der Waals surface area contributed by atoms with Crippen LogP contribution in [-0.4, -0.2) is 73.8 Å². The van der Waals surface area contributed by atoms with Crippen LogP contribution in [0, 0.1) is 0 Å². The zero-order valence-corrected chi connectivity index (χ0v) is 15.7. The first-order valence-corrected chi connectivity index (χ1v) is 9.01. The Morgan fingerprint density at radius 1 is 1.26 bits per heavy atom. The second-order valence-electron chi connectivity index (χ2n) is 6.11. The molecule has 1 aliphatic rings. The molecule has 1 aromatic heterocycles. The first kappa shape index (κ1) is 20.6. The van der Waals surface area contributed by atoms with Gasteiger partial charge in [0.25, 0.3) is 11.8 Å². The van der Waals surface area contributed by atoms with Crippen molar-refractivity contribution in [3.05, 3.63) is 29.6 Å². The lowest BCUT2D eigenvalue weighted by Gasteiger charge is -2.31. The minimum atomic E-state index is -0.357. The summed E-state index contributed by atoms with van der Waals surface area (Å²) in [7, 11) is 1.55. The number of aromatic nitrogens is 1. The normalized spacial score (nSPS) is 14.5. The summed E-state index contributed by atoms with van der Waals surface area (Å²) in [5, 5.41) is 5.61. The van der Waals surface area contributed by atoms with Crippen molar-refractivity contribution < 1.29 is 23.9 Å². The van der Waals surface area contributed by atoms with Gasteiger partial charge in [-0.1, -0.05) is 0 Å². The Labute approximate surface area is 158 Å². The highest BCUT2D eigenvalue weighted by Gasteiger charge is 2.25. The molecule has 0 aliphatic carbocycles. The zero-order chi connectivity index (χ0) is 19.6. The van der Waals surface area contributed by atoms with Crippen molar-refractivity contribution >= 4 is 17.9 Å². The maximum absolute atomic E-state index is 12.5. The molecule has 0 radical (unpaired) electrons. The SMILES string of the molecule is CCOC(=O)N1CCC(NC(=O)c2ccnc(C(=O)NCCOC)c2)CC1. The first-order valence-electron chi connectivity index (χ1n) is 9.01. The lowest BCUT2D eigenvalue weighted by Crippen LogP contribution is -2.46. The Morgan fingerprint density at radius 2 is 2.00 bits per heavy atom. The van der Waals surface area contributed by atoms with Gasteiger partial charge in [-0.25, -0.2) is 4.79 Å². The van der Waals surface area contributed by atoms with Crippen LogP contribution < -0.4 is 10.6 Å². The molecule has 0 atom stereocenters. The second kappa shape index (κ2) is 10.5. The summed E-state index contributed by atoms with van der Waals surface area (Å²) >= 11 is 0. The number of piperidine rings is 1. The number of pyridine rings is 1. The van der Waals surface area contributed by atoms with E-state index in [1.54, 1.807) is 25.0 Å². The standard InChI is InChI=1S/C18H26N4O5/c1-3-27-18(25)22-9-5-14(6-10-22)21-16(23)13-4-7-19-15(12-13)17(24)20-8-11-26-2/h4,7,12,14H,3,5-6,8-11H2,1-2H3,(H,20,24)(H,21,23). The van der Waals surface area contributed by atoms with Gasteiger partial charge in [0.15, 0.2) is 0 Å². The largest absolute Gasteiger partial charge is 0.450 e. The number of carbonyl (C=O) groups excluding carboxylic acids is 3. The third-order valence-corrected chi connectivity index (χ3v) is 4.20. The molecule has 148 valence electrons. The molecule has 2 N–H and O–H groups in total. The van der Waals surface area contributed by atoms with E-state index in [1.807, 2.05) is 0 Å². The minimum Gasteiger partial charge on any atom is -0.450 e. The summed E-state index contributed by atoms with van der Waals surface area (Å²) in [5.74, 6) is -0.623. The number of hydrogen-bond acceptors (Lipinski definition) is 6. The molecule has 0 bridgehead atoms. The number of amides is 3. The van der Waals surface area contributed by atoms with Gasteiger partial charge < -0.3 is 25.0 Å². The smallest absolute Gasteiger partial charge is 0.409 e. The van der Waals surface area contributed by atoms with Crippen LogP contribution in [0.15, 0.2) is 18.3 Å². The number of hydrogen-bond donors (Lipinski definition) is 2. The van der Waals surface area contributed by atoms with Gasteiger partial charge >= 0.3 is 6.09 Å². The van der Waals surface area contributed by atoms with Gasteiger partial charge in [0, 0.05) is 44.5 Å². The van der Waals surface area contributed by atoms with Gasteiger partial charge in [-0.15, -0.1) is 0 Å². The molecular weight excluding hydrogens is 352 g/mol. The summed E-state index contributed by atoms with van der Waals surface area (Å²) in [6.45, 7) is 3.95. The van der Waals surface area contributed by atoms with Crippen LogP contribution in [0.3, 0.4) is 0 Å². The summed E-state index contributed by atoms with van der Waals surface area (Å²) in [6, 6.07) is 3.00. The predicted octanol–water partition coefficient (Wildman–Crippen LogP) is 0.809. The molecular formula is C18H26N4O5. The number of nitrogens with one attached hydrogen (secondary N) is 2. The van der Waals surface area contributed by atoms with E-state index in [1.165, 1.54) is 12.3 Å². The van der Waals surface area contributed by atoms with E-state index in [-0.39, 0.29) is 29.6 Å². The Balaban J connectivity index is 1.87. The second-order valence-corrected chi connectivity index (χ2v) is 6.11. The highest BCUT2D eigenvalue weighted by atomic mass is 16.6. The van der Waals surface area contributed by atoms with Crippen LogP contribution in [-0.2, 0) is 9.47 Å². The molecule has 3 amide bonds. The quantitative estimate of drug-likeness (QED) is 0.680. The molecule has 2 rings (SSSR count). The predicted molar refractivity (Wildman–Crippen MR) is 97.5 cm³/mol. The van der Waals surface area contributed by atoms with Gasteiger partial charge in [-0.3, -0.25) is 14.6 Å². The fourth-order valence-corrected chi connectivity index (χ4v) is 2.74. The number of rotatable bonds is 7. The molecule has 1 saturated heterocycles. The number of methoxy groups -OCH3 is 1. The number of nitrogens with zero attached hydrogens (tertiary/aromatic N) is 2. The lowest BCUT2D eigenvalue weighted by atomic mass is 10.0. The Hall–Kier alpha value is -2.68. The molecule has 1 aliphatic heterocycles. The average molecular weight is 378 g/mol. The highest BCUT2D eigenvalue weighted by molar-refractivity contribution is 5.98. The molecule has 0 spiro atoms. The Morgan fingerprint density at radius 3 is 2.67 bits per heavy atom. The van der Waals surface area contributed by atoms with Gasteiger partial charge in [0.1, 0.15) is 5.69 Å². The van der Waals surface area contributed by atoms with Gasteiger partial charge in [0.2, 0.25) is 0 Å². The molecule has 0 saturated carbocycles. The van der Waals surface area contributed by atoms with Crippen molar-refractivity contribution in [1.82, 2.24) is 20.5 Å². The zero-order valence-electron chi connectivity index (χ0n) is 15.7. The summed E-state index contributed by atoms with van der Waals surface area (Å²) in [5.41, 5.74) is 0.547. The van der Waals surface area contributed by atoms with E-state index in [2.05, 4.69) is 15.6 Å². The molecule has 1 aromatic rings. The molecule has 2 heterocycles. The van der Waals surface area contributed by atoms with E-state index in [4.69, 9.17) is 9.47 Å². The average Bonchev–Trinajstić information content (AvgIpc) is 2.69. The van der Waals surface area contributed by atoms with E-state index in [0.29, 0.717) is 51.3 Å². The summed E-state index contributed by atoms with van der Waals surface area (Å²) < 4.78 is 9.86. The van der Waals surface area contributed by atoms with Crippen LogP contribution in [0.4, 0.5) is 4.79 Å². The number of ether oxygens (including phenoxy) is 2. The number of likely N-dealkylation sites (tertiary alicyclic amines) is 1. The van der Waals surface area contributed by atoms with E-state index in [0.717, 1.165) is 0 Å². The van der Waals surface area contributed by atoms with Crippen LogP contribution in [0.25, 0.3) is 0 Å². The molecule has 9 nitrogen and oxygen atoms in total. The fraction of sp³-hybridized carbons (Fsp3) is 0.556. The van der Waals surface area contributed by atoms with Gasteiger partial charge in [0.05, 0.1) is 13.2 Å². The molecule has 0 unspecified atom stereocenters. The lowest BCUT2D eigenvalue weighted by molar-refractivity contribution is 0.0859. The topological polar surface area (TPSA) is 110 Å². The van der Waals surface area contributed by atoms with Crippen molar-refractivity contribution in [2.45, 2.75) is 25.8 Å². The molecule has 0 aromatic carbocycles. The van der Waals surface area contributed by atoms with Crippen molar-refractivity contribution in [3.63, 3.8) is 0 Å². The maximum Gasteiger partial charge on any atom is 0.409 e. The first-order chi connectivity index (χ1) is 13.0. The van der Waals surface area contributed by atoms with Crippen LogP contribution >= 0.6 is 0 Å². The number of carbonyl (C=O) groups is 3. The van der Waals surface area contributed by atoms with Crippen molar-refractivity contribution in [3.8, 4) is 0 Å². The maximum atomic E-state index is 12.5. The van der Waals surface area contributed by atoms with E-state index in [9.17, 15) is 14.4 Å². The van der Waals surface area contributed by atoms with Crippen LogP contribution in [0.2, 0.25) is 0 Å². The fourth-order valence-electron chi connectivity index (χ4n) is 2.74. The van der Waals surface area contributed by atoms with E-state index >= 15 is 0 Å². The molecule has 9 heteroatoms. The monoisotopic (exact) mass is 378 g/mol. The summed E-state index contributed by atoms with van der Waals surface area (Å²) in [4.78, 5) is 41.8. The van der Waals surface area contributed by atoms with Gasteiger partial charge in [-0.05, 0) is 31.9 Å². The highest BCUT2D eigenvalue weighted by Crippen LogP contribution is 2.12. The van der Waals surface area contributed by atoms with Crippen LogP contribution in [0.5, 0.6) is 0 Å². The third-order valence-electron chi connectivity index (χ3n) is 4.20. The third kappa shape index (κ3) is 6.21. The Bertz CT molecular complexity index is 659. The van der Waals surface area contributed by atoms with Gasteiger partial charge in [-0.2, -0.15) is 0 Å². The van der Waals surface area contributed by atoms with Crippen molar-refractivity contribution in [2.24, 2.45) is 0 Å². The van der Waals surface area contributed by atoms with Crippen molar-refractivity contribution in [1.29, 1.82) is 0 Å². The molecule has 1 fully saturated rings. The summed E-state index contributed by atoms with van der Waals surface area (Å²) in [6.07, 6.45) is 2.42. The Kier molecular flexibility index (Phi) is 8.00. The van der Waals surface area contributed by atoms with E-state index < -0.39 is 0 Å².